The summed E-state index contributed by atoms with van der Waals surface area (Å²) in [6, 6.07) is 14.8. The molecule has 0 saturated carbocycles. The van der Waals surface area contributed by atoms with Crippen LogP contribution in [-0.4, -0.2) is 0 Å². The Morgan fingerprint density at radius 3 is 2.26 bits per heavy atom. The van der Waals surface area contributed by atoms with Gasteiger partial charge < -0.3 is 0 Å². The highest BCUT2D eigenvalue weighted by Crippen LogP contribution is 2.40. The second kappa shape index (κ2) is 6.11. The van der Waals surface area contributed by atoms with Gasteiger partial charge in [0.2, 0.25) is 0 Å². The first-order chi connectivity index (χ1) is 9.00. The van der Waals surface area contributed by atoms with Crippen molar-refractivity contribution in [3.63, 3.8) is 0 Å². The fraction of sp³-hybridized carbons (Fsp3) is 0.294. The molecule has 19 heavy (non-hydrogen) atoms. The lowest BCUT2D eigenvalue weighted by atomic mass is 9.91. The molecule has 2 aromatic carbocycles. The Labute approximate surface area is 128 Å². The van der Waals surface area contributed by atoms with Crippen molar-refractivity contribution in [2.24, 2.45) is 0 Å². The van der Waals surface area contributed by atoms with Crippen LogP contribution in [0, 0.1) is 13.8 Å². The summed E-state index contributed by atoms with van der Waals surface area (Å²) in [6.07, 6.45) is 0. The Hall–Kier alpha value is -0.790. The molecule has 0 bridgehead atoms. The van der Waals surface area contributed by atoms with Gasteiger partial charge in [0.15, 0.2) is 0 Å². The van der Waals surface area contributed by atoms with Crippen molar-refractivity contribution in [3.05, 3.63) is 69.7 Å². The predicted octanol–water partition coefficient (Wildman–Crippen LogP) is 6.20. The van der Waals surface area contributed by atoms with E-state index in [0.717, 1.165) is 10.6 Å². The summed E-state index contributed by atoms with van der Waals surface area (Å²) in [5, 5.41) is 0.841. The van der Waals surface area contributed by atoms with E-state index in [1.165, 1.54) is 16.7 Å². The van der Waals surface area contributed by atoms with Crippen LogP contribution in [0.3, 0.4) is 0 Å². The number of aryl methyl sites for hydroxylation is 2. The van der Waals surface area contributed by atoms with Crippen molar-refractivity contribution in [3.8, 4) is 0 Å². The molecule has 2 atom stereocenters. The van der Waals surface area contributed by atoms with E-state index >= 15 is 0 Å². The van der Waals surface area contributed by atoms with E-state index < -0.39 is 0 Å². The van der Waals surface area contributed by atoms with E-state index in [1.54, 1.807) is 0 Å². The van der Waals surface area contributed by atoms with E-state index in [9.17, 15) is 0 Å². The minimum atomic E-state index is 0.297. The van der Waals surface area contributed by atoms with E-state index in [1.807, 2.05) is 0 Å². The quantitative estimate of drug-likeness (QED) is 0.585. The number of benzene rings is 2. The monoisotopic (exact) mass is 336 g/mol. The van der Waals surface area contributed by atoms with Gasteiger partial charge in [0.25, 0.3) is 0 Å². The van der Waals surface area contributed by atoms with Gasteiger partial charge in [-0.1, -0.05) is 70.9 Å². The third kappa shape index (κ3) is 3.21. The number of halogens is 2. The van der Waals surface area contributed by atoms with Crippen molar-refractivity contribution >= 4 is 27.5 Å². The van der Waals surface area contributed by atoms with Crippen molar-refractivity contribution in [1.82, 2.24) is 0 Å². The zero-order chi connectivity index (χ0) is 14.0. The number of hydrogen-bond donors (Lipinski definition) is 0. The van der Waals surface area contributed by atoms with E-state index in [2.05, 4.69) is 79.2 Å². The van der Waals surface area contributed by atoms with Gasteiger partial charge in [0.1, 0.15) is 0 Å². The van der Waals surface area contributed by atoms with Gasteiger partial charge in [0.05, 0.1) is 0 Å². The zero-order valence-corrected chi connectivity index (χ0v) is 13.8. The summed E-state index contributed by atoms with van der Waals surface area (Å²) in [5.74, 6) is 0.417. The van der Waals surface area contributed by atoms with Crippen LogP contribution in [0.25, 0.3) is 0 Å². The van der Waals surface area contributed by atoms with Crippen molar-refractivity contribution in [2.45, 2.75) is 31.5 Å². The van der Waals surface area contributed by atoms with Crippen molar-refractivity contribution in [2.75, 3.05) is 0 Å². The second-order valence-electron chi connectivity index (χ2n) is 5.06. The predicted molar refractivity (Wildman–Crippen MR) is 87.5 cm³/mol. The molecular formula is C17H18BrCl. The normalized spacial score (nSPS) is 14.2. The van der Waals surface area contributed by atoms with Gasteiger partial charge in [-0.15, -0.1) is 0 Å². The minimum absolute atomic E-state index is 0.297. The Bertz CT molecular complexity index is 563. The molecule has 0 aliphatic heterocycles. The molecule has 2 heteroatoms. The van der Waals surface area contributed by atoms with Crippen LogP contribution in [0.2, 0.25) is 5.02 Å². The van der Waals surface area contributed by atoms with Crippen molar-refractivity contribution < 1.29 is 0 Å². The molecule has 100 valence electrons. The molecule has 0 nitrogen and oxygen atoms in total. The lowest BCUT2D eigenvalue weighted by molar-refractivity contribution is 0.747. The van der Waals surface area contributed by atoms with E-state index in [0.29, 0.717) is 10.7 Å². The van der Waals surface area contributed by atoms with Crippen LogP contribution in [-0.2, 0) is 0 Å². The molecule has 2 aromatic rings. The fourth-order valence-electron chi connectivity index (χ4n) is 2.30. The van der Waals surface area contributed by atoms with E-state index in [-0.39, 0.29) is 0 Å². The molecule has 2 rings (SSSR count). The SMILES string of the molecule is Cc1cc(C(Br)C(C)c2ccccc2)c(C)cc1Cl. The van der Waals surface area contributed by atoms with Crippen LogP contribution >= 0.6 is 27.5 Å². The summed E-state index contributed by atoms with van der Waals surface area (Å²) in [4.78, 5) is 0.297. The molecule has 0 spiro atoms. The first kappa shape index (κ1) is 14.6. The molecule has 0 N–H and O–H groups in total. The Morgan fingerprint density at radius 1 is 1.00 bits per heavy atom. The summed E-state index contributed by atoms with van der Waals surface area (Å²) < 4.78 is 0. The largest absolute Gasteiger partial charge is 0.0840 e. The third-order valence-corrected chi connectivity index (χ3v) is 5.30. The first-order valence-electron chi connectivity index (χ1n) is 6.46. The molecular weight excluding hydrogens is 320 g/mol. The average Bonchev–Trinajstić information content (AvgIpc) is 2.42. The average molecular weight is 338 g/mol. The smallest absolute Gasteiger partial charge is 0.0463 e. The summed E-state index contributed by atoms with van der Waals surface area (Å²) in [5.41, 5.74) is 5.03. The summed E-state index contributed by atoms with van der Waals surface area (Å²) >= 11 is 10.0. The molecule has 0 aliphatic rings. The maximum atomic E-state index is 6.17. The maximum absolute atomic E-state index is 6.17. The topological polar surface area (TPSA) is 0 Å². The van der Waals surface area contributed by atoms with Gasteiger partial charge >= 0.3 is 0 Å². The minimum Gasteiger partial charge on any atom is -0.0840 e. The third-order valence-electron chi connectivity index (χ3n) is 3.61. The number of alkyl halides is 1. The molecule has 2 unspecified atom stereocenters. The molecule has 0 saturated heterocycles. The first-order valence-corrected chi connectivity index (χ1v) is 7.75. The number of rotatable bonds is 3. The summed E-state index contributed by atoms with van der Waals surface area (Å²) in [6.45, 7) is 6.42. The van der Waals surface area contributed by atoms with Crippen LogP contribution < -0.4 is 0 Å². The van der Waals surface area contributed by atoms with Gasteiger partial charge in [-0.25, -0.2) is 0 Å². The standard InChI is InChI=1S/C17H18BrCl/c1-11-10-16(19)12(2)9-15(11)17(18)13(3)14-7-5-4-6-8-14/h4-10,13,17H,1-3H3. The Balaban J connectivity index is 2.34. The molecule has 0 fully saturated rings. The highest BCUT2D eigenvalue weighted by Gasteiger charge is 2.20. The van der Waals surface area contributed by atoms with E-state index in [4.69, 9.17) is 11.6 Å². The molecule has 0 heterocycles. The summed E-state index contributed by atoms with van der Waals surface area (Å²) in [7, 11) is 0. The highest BCUT2D eigenvalue weighted by atomic mass is 79.9. The lowest BCUT2D eigenvalue weighted by Crippen LogP contribution is -2.04. The van der Waals surface area contributed by atoms with Crippen molar-refractivity contribution in [1.29, 1.82) is 0 Å². The highest BCUT2D eigenvalue weighted by molar-refractivity contribution is 9.09. The van der Waals surface area contributed by atoms with Gasteiger partial charge in [-0.3, -0.25) is 0 Å². The van der Waals surface area contributed by atoms with Gasteiger partial charge in [-0.05, 0) is 48.1 Å². The van der Waals surface area contributed by atoms with Crippen LogP contribution in [0.4, 0.5) is 0 Å². The van der Waals surface area contributed by atoms with Crippen LogP contribution in [0.5, 0.6) is 0 Å². The Morgan fingerprint density at radius 2 is 1.63 bits per heavy atom. The van der Waals surface area contributed by atoms with Gasteiger partial charge in [0, 0.05) is 9.85 Å². The molecule has 0 aromatic heterocycles. The molecule has 0 radical (unpaired) electrons. The van der Waals surface area contributed by atoms with Crippen LogP contribution in [0.15, 0.2) is 42.5 Å². The second-order valence-corrected chi connectivity index (χ2v) is 6.45. The number of hydrogen-bond acceptors (Lipinski definition) is 0. The zero-order valence-electron chi connectivity index (χ0n) is 11.5. The van der Waals surface area contributed by atoms with Crippen LogP contribution in [0.1, 0.15) is 39.9 Å². The van der Waals surface area contributed by atoms with Gasteiger partial charge in [-0.2, -0.15) is 0 Å². The lowest BCUT2D eigenvalue weighted by Gasteiger charge is -2.22. The Kier molecular flexibility index (Phi) is 4.70. The molecule has 0 amide bonds. The fourth-order valence-corrected chi connectivity index (χ4v) is 3.31. The molecule has 0 aliphatic carbocycles. The maximum Gasteiger partial charge on any atom is 0.0463 e.